The Hall–Kier alpha value is -1.51. The Kier molecular flexibility index (Phi) is 2.31. The highest BCUT2D eigenvalue weighted by atomic mass is 16.5. The average Bonchev–Trinajstić information content (AvgIpc) is 3.09. The summed E-state index contributed by atoms with van der Waals surface area (Å²) in [5, 5.41) is 2.88. The predicted octanol–water partition coefficient (Wildman–Crippen LogP) is 2.36. The first-order valence-electron chi connectivity index (χ1n) is 5.87. The summed E-state index contributed by atoms with van der Waals surface area (Å²) in [6, 6.07) is 5.99. The third-order valence-electron chi connectivity index (χ3n) is 3.16. The van der Waals surface area contributed by atoms with Crippen molar-refractivity contribution in [1.82, 2.24) is 0 Å². The van der Waals surface area contributed by atoms with Crippen LogP contribution in [0.1, 0.15) is 24.8 Å². The molecule has 1 fully saturated rings. The van der Waals surface area contributed by atoms with Gasteiger partial charge in [0, 0.05) is 18.2 Å². The number of hydrogen-bond acceptors (Lipinski definition) is 2. The maximum absolute atomic E-state index is 11.3. The van der Waals surface area contributed by atoms with E-state index in [1.165, 1.54) is 18.4 Å². The summed E-state index contributed by atoms with van der Waals surface area (Å²) in [5.74, 6) is 1.73. The van der Waals surface area contributed by atoms with Crippen molar-refractivity contribution in [2.75, 3.05) is 11.9 Å². The molecule has 84 valence electrons. The first-order chi connectivity index (χ1) is 7.81. The van der Waals surface area contributed by atoms with Gasteiger partial charge in [0.15, 0.2) is 0 Å². The van der Waals surface area contributed by atoms with Gasteiger partial charge in [-0.3, -0.25) is 4.79 Å². The Bertz CT molecular complexity index is 424. The second kappa shape index (κ2) is 3.81. The maximum Gasteiger partial charge on any atom is 0.224 e. The van der Waals surface area contributed by atoms with Gasteiger partial charge in [0.25, 0.3) is 0 Å². The number of aryl methyl sites for hydroxylation is 1. The number of nitrogens with one attached hydrogen (secondary N) is 1. The molecule has 3 rings (SSSR count). The lowest BCUT2D eigenvalue weighted by atomic mass is 10.0. The third kappa shape index (κ3) is 2.03. The van der Waals surface area contributed by atoms with Gasteiger partial charge in [-0.1, -0.05) is 6.07 Å². The number of benzene rings is 1. The summed E-state index contributed by atoms with van der Waals surface area (Å²) in [5.41, 5.74) is 2.13. The zero-order chi connectivity index (χ0) is 11.0. The Morgan fingerprint density at radius 1 is 1.31 bits per heavy atom. The molecule has 1 saturated carbocycles. The Labute approximate surface area is 94.8 Å². The van der Waals surface area contributed by atoms with Crippen molar-refractivity contribution >= 4 is 11.6 Å². The van der Waals surface area contributed by atoms with Crippen LogP contribution in [0, 0.1) is 5.92 Å². The predicted molar refractivity (Wildman–Crippen MR) is 61.6 cm³/mol. The lowest BCUT2D eigenvalue weighted by Gasteiger charge is -2.17. The van der Waals surface area contributed by atoms with Crippen LogP contribution in [0.2, 0.25) is 0 Å². The summed E-state index contributed by atoms with van der Waals surface area (Å²) in [6.07, 6.45) is 4.02. The minimum absolute atomic E-state index is 0.104. The van der Waals surface area contributed by atoms with Gasteiger partial charge in [-0.15, -0.1) is 0 Å². The highest BCUT2D eigenvalue weighted by molar-refractivity contribution is 5.94. The molecule has 2 aliphatic rings. The summed E-state index contributed by atoms with van der Waals surface area (Å²) >= 11 is 0. The van der Waals surface area contributed by atoms with Crippen LogP contribution >= 0.6 is 0 Å². The van der Waals surface area contributed by atoms with Crippen LogP contribution in [-0.2, 0) is 11.2 Å². The van der Waals surface area contributed by atoms with Gasteiger partial charge < -0.3 is 10.1 Å². The molecular formula is C13H15NO2. The lowest BCUT2D eigenvalue weighted by Crippen LogP contribution is -2.18. The fourth-order valence-corrected chi connectivity index (χ4v) is 1.94. The molecule has 0 unspecified atom stereocenters. The molecule has 16 heavy (non-hydrogen) atoms. The van der Waals surface area contributed by atoms with Crippen LogP contribution < -0.4 is 10.1 Å². The van der Waals surface area contributed by atoms with Crippen molar-refractivity contribution in [2.24, 2.45) is 5.92 Å². The van der Waals surface area contributed by atoms with Crippen molar-refractivity contribution < 1.29 is 9.53 Å². The molecule has 3 heteroatoms. The molecule has 0 bridgehead atoms. The second-order valence-electron chi connectivity index (χ2n) is 4.62. The highest BCUT2D eigenvalue weighted by Gasteiger charge is 2.22. The maximum atomic E-state index is 11.3. The van der Waals surface area contributed by atoms with E-state index in [2.05, 4.69) is 11.4 Å². The van der Waals surface area contributed by atoms with Gasteiger partial charge in [-0.05, 0) is 36.8 Å². The first kappa shape index (κ1) is 9.70. The highest BCUT2D eigenvalue weighted by Crippen LogP contribution is 2.31. The summed E-state index contributed by atoms with van der Waals surface area (Å²) in [4.78, 5) is 11.3. The molecule has 1 heterocycles. The van der Waals surface area contributed by atoms with Crippen LogP contribution in [0.5, 0.6) is 5.75 Å². The normalized spacial score (nSPS) is 18.9. The van der Waals surface area contributed by atoms with Gasteiger partial charge in [0.05, 0.1) is 6.61 Å². The molecule has 1 amide bonds. The number of ether oxygens (including phenoxy) is 1. The number of anilines is 1. The second-order valence-corrected chi connectivity index (χ2v) is 4.62. The van der Waals surface area contributed by atoms with Gasteiger partial charge in [0.2, 0.25) is 5.91 Å². The molecule has 1 N–H and O–H groups in total. The number of rotatable bonds is 3. The quantitative estimate of drug-likeness (QED) is 0.844. The van der Waals surface area contributed by atoms with Crippen molar-refractivity contribution in [3.8, 4) is 5.75 Å². The van der Waals surface area contributed by atoms with E-state index in [4.69, 9.17) is 4.74 Å². The minimum Gasteiger partial charge on any atom is -0.493 e. The number of carbonyl (C=O) groups excluding carboxylic acids is 1. The van der Waals surface area contributed by atoms with E-state index in [0.29, 0.717) is 6.42 Å². The van der Waals surface area contributed by atoms with Crippen LogP contribution in [0.3, 0.4) is 0 Å². The lowest BCUT2D eigenvalue weighted by molar-refractivity contribution is -0.116. The van der Waals surface area contributed by atoms with Gasteiger partial charge in [-0.25, -0.2) is 0 Å². The van der Waals surface area contributed by atoms with Crippen LogP contribution in [0.25, 0.3) is 0 Å². The Morgan fingerprint density at radius 2 is 2.19 bits per heavy atom. The molecule has 1 aromatic carbocycles. The summed E-state index contributed by atoms with van der Waals surface area (Å²) < 4.78 is 5.68. The smallest absolute Gasteiger partial charge is 0.224 e. The fourth-order valence-electron chi connectivity index (χ4n) is 1.94. The summed E-state index contributed by atoms with van der Waals surface area (Å²) in [6.45, 7) is 0.812. The Balaban J connectivity index is 1.74. The van der Waals surface area contributed by atoms with E-state index in [1.807, 2.05) is 12.1 Å². The van der Waals surface area contributed by atoms with Crippen molar-refractivity contribution in [1.29, 1.82) is 0 Å². The molecule has 1 aromatic rings. The van der Waals surface area contributed by atoms with E-state index in [1.54, 1.807) is 0 Å². The van der Waals surface area contributed by atoms with Gasteiger partial charge in [-0.2, -0.15) is 0 Å². The van der Waals surface area contributed by atoms with Crippen LogP contribution in [-0.4, -0.2) is 12.5 Å². The topological polar surface area (TPSA) is 38.3 Å². The Morgan fingerprint density at radius 3 is 3.00 bits per heavy atom. The fraction of sp³-hybridized carbons (Fsp3) is 0.462. The van der Waals surface area contributed by atoms with Crippen LogP contribution in [0.4, 0.5) is 5.69 Å². The molecule has 0 saturated heterocycles. The monoisotopic (exact) mass is 217 g/mol. The minimum atomic E-state index is 0.104. The van der Waals surface area contributed by atoms with Crippen molar-refractivity contribution in [2.45, 2.75) is 25.7 Å². The van der Waals surface area contributed by atoms with Gasteiger partial charge >= 0.3 is 0 Å². The molecule has 0 radical (unpaired) electrons. The number of carbonyl (C=O) groups is 1. The van der Waals surface area contributed by atoms with Crippen LogP contribution in [0.15, 0.2) is 18.2 Å². The average molecular weight is 217 g/mol. The molecule has 0 atom stereocenters. The van der Waals surface area contributed by atoms with E-state index in [0.717, 1.165) is 30.4 Å². The van der Waals surface area contributed by atoms with E-state index in [-0.39, 0.29) is 5.91 Å². The van der Waals surface area contributed by atoms with Gasteiger partial charge in [0.1, 0.15) is 5.75 Å². The first-order valence-corrected chi connectivity index (χ1v) is 5.87. The molecule has 1 aliphatic heterocycles. The SMILES string of the molecule is O=C1CCc2ccc(OCC3CC3)cc2N1. The zero-order valence-corrected chi connectivity index (χ0v) is 9.16. The number of amides is 1. The molecule has 0 aromatic heterocycles. The van der Waals surface area contributed by atoms with E-state index >= 15 is 0 Å². The molecule has 1 aliphatic carbocycles. The third-order valence-corrected chi connectivity index (χ3v) is 3.16. The summed E-state index contributed by atoms with van der Waals surface area (Å²) in [7, 11) is 0. The largest absolute Gasteiger partial charge is 0.493 e. The van der Waals surface area contributed by atoms with Crippen molar-refractivity contribution in [3.05, 3.63) is 23.8 Å². The van der Waals surface area contributed by atoms with E-state index < -0.39 is 0 Å². The van der Waals surface area contributed by atoms with Crippen molar-refractivity contribution in [3.63, 3.8) is 0 Å². The molecule has 0 spiro atoms. The molecule has 3 nitrogen and oxygen atoms in total. The number of fused-ring (bicyclic) bond motifs is 1. The standard InChI is InChI=1S/C13H15NO2/c15-13-6-4-10-3-5-11(7-12(10)14-13)16-8-9-1-2-9/h3,5,7,9H,1-2,4,6,8H2,(H,14,15). The zero-order valence-electron chi connectivity index (χ0n) is 9.16. The van der Waals surface area contributed by atoms with E-state index in [9.17, 15) is 4.79 Å². The molecular weight excluding hydrogens is 202 g/mol. The number of hydrogen-bond donors (Lipinski definition) is 1.